The Kier molecular flexibility index (Phi) is 5.91. The molecular formula is C25H28ClN3O2. The lowest BCUT2D eigenvalue weighted by Gasteiger charge is -2.36. The van der Waals surface area contributed by atoms with Crippen LogP contribution in [-0.4, -0.2) is 54.8 Å². The zero-order chi connectivity index (χ0) is 22.3. The van der Waals surface area contributed by atoms with Gasteiger partial charge in [-0.05, 0) is 87.8 Å². The van der Waals surface area contributed by atoms with Gasteiger partial charge in [0.15, 0.2) is 0 Å². The van der Waals surface area contributed by atoms with E-state index in [0.717, 1.165) is 37.1 Å². The summed E-state index contributed by atoms with van der Waals surface area (Å²) in [6.45, 7) is 5.89. The molecule has 0 radical (unpaired) electrons. The predicted octanol–water partition coefficient (Wildman–Crippen LogP) is 4.27. The lowest BCUT2D eigenvalue weighted by molar-refractivity contribution is -0.120. The number of imide groups is 1. The number of hydrogen-bond acceptors (Lipinski definition) is 4. The van der Waals surface area contributed by atoms with E-state index in [2.05, 4.69) is 11.9 Å². The minimum atomic E-state index is -0.285. The smallest absolute Gasteiger partial charge is 0.282 e. The van der Waals surface area contributed by atoms with Gasteiger partial charge in [-0.1, -0.05) is 29.8 Å². The van der Waals surface area contributed by atoms with E-state index < -0.39 is 0 Å². The fourth-order valence-corrected chi connectivity index (χ4v) is 4.73. The molecular weight excluding hydrogens is 410 g/mol. The normalized spacial score (nSPS) is 18.3. The largest absolute Gasteiger partial charge is 0.366 e. The Balaban J connectivity index is 1.80. The van der Waals surface area contributed by atoms with Gasteiger partial charge in [0.2, 0.25) is 0 Å². The van der Waals surface area contributed by atoms with Gasteiger partial charge in [0.1, 0.15) is 5.70 Å². The first-order valence-electron chi connectivity index (χ1n) is 10.6. The molecule has 0 N–H and O–H groups in total. The van der Waals surface area contributed by atoms with Crippen LogP contribution >= 0.6 is 11.6 Å². The summed E-state index contributed by atoms with van der Waals surface area (Å²) in [5.41, 5.74) is 4.28. The van der Waals surface area contributed by atoms with Crippen LogP contribution in [0.5, 0.6) is 0 Å². The molecule has 4 rings (SSSR count). The summed E-state index contributed by atoms with van der Waals surface area (Å²) in [6.07, 6.45) is 1.91. The van der Waals surface area contributed by atoms with Gasteiger partial charge in [0, 0.05) is 18.1 Å². The summed E-state index contributed by atoms with van der Waals surface area (Å²) in [5.74, 6) is -0.548. The highest BCUT2D eigenvalue weighted by Gasteiger charge is 2.43. The number of nitrogens with zero attached hydrogens (tertiary/aromatic N) is 3. The average Bonchev–Trinajstić information content (AvgIpc) is 2.98. The second kappa shape index (κ2) is 8.48. The molecule has 31 heavy (non-hydrogen) atoms. The first-order chi connectivity index (χ1) is 14.8. The maximum atomic E-state index is 13.7. The summed E-state index contributed by atoms with van der Waals surface area (Å²) in [4.78, 5) is 33.0. The third-order valence-corrected chi connectivity index (χ3v) is 6.50. The Morgan fingerprint density at radius 3 is 2.10 bits per heavy atom. The van der Waals surface area contributed by atoms with Crippen LogP contribution in [0.25, 0.3) is 5.57 Å². The Morgan fingerprint density at radius 2 is 1.52 bits per heavy atom. The lowest BCUT2D eigenvalue weighted by atomic mass is 10.0. The fraction of sp³-hybridized carbons (Fsp3) is 0.360. The predicted molar refractivity (Wildman–Crippen MR) is 125 cm³/mol. The third kappa shape index (κ3) is 4.12. The first-order valence-corrected chi connectivity index (χ1v) is 11.0. The summed E-state index contributed by atoms with van der Waals surface area (Å²) in [7, 11) is 4.05. The van der Waals surface area contributed by atoms with Crippen molar-refractivity contribution in [2.24, 2.45) is 0 Å². The van der Waals surface area contributed by atoms with Crippen LogP contribution < -0.4 is 4.90 Å². The highest BCUT2D eigenvalue weighted by Crippen LogP contribution is 2.37. The Morgan fingerprint density at radius 1 is 0.935 bits per heavy atom. The maximum Gasteiger partial charge on any atom is 0.282 e. The van der Waals surface area contributed by atoms with E-state index in [0.29, 0.717) is 27.5 Å². The molecule has 5 nitrogen and oxygen atoms in total. The SMILES string of the molecule is Cc1cc(C)cc(N2C(=O)C(c3ccc(Cl)cc3)=C(N(C)C3CCN(C)CC3)C2=O)c1. The monoisotopic (exact) mass is 437 g/mol. The van der Waals surface area contributed by atoms with Crippen molar-refractivity contribution in [3.05, 3.63) is 69.9 Å². The molecule has 2 aromatic rings. The summed E-state index contributed by atoms with van der Waals surface area (Å²) < 4.78 is 0. The zero-order valence-corrected chi connectivity index (χ0v) is 19.2. The molecule has 2 heterocycles. The number of likely N-dealkylation sites (tertiary alicyclic amines) is 1. The molecule has 2 aromatic carbocycles. The Bertz CT molecular complexity index is 1030. The van der Waals surface area contributed by atoms with Gasteiger partial charge in [0.25, 0.3) is 11.8 Å². The van der Waals surface area contributed by atoms with Gasteiger partial charge in [-0.15, -0.1) is 0 Å². The Labute approximate surface area is 188 Å². The van der Waals surface area contributed by atoms with E-state index in [1.165, 1.54) is 4.90 Å². The number of amides is 2. The van der Waals surface area contributed by atoms with E-state index in [4.69, 9.17) is 11.6 Å². The van der Waals surface area contributed by atoms with Crippen LogP contribution in [-0.2, 0) is 9.59 Å². The summed E-state index contributed by atoms with van der Waals surface area (Å²) in [5, 5.41) is 0.595. The standard InChI is InChI=1S/C25H28ClN3O2/c1-16-13-17(2)15-21(14-16)29-24(30)22(18-5-7-19(26)8-6-18)23(25(29)31)28(4)20-9-11-27(3)12-10-20/h5-8,13-15,20H,9-12H2,1-4H3. The average molecular weight is 438 g/mol. The molecule has 162 valence electrons. The van der Waals surface area contributed by atoms with E-state index in [1.807, 2.05) is 56.1 Å². The molecule has 0 aliphatic carbocycles. The van der Waals surface area contributed by atoms with Crippen molar-refractivity contribution in [2.45, 2.75) is 32.7 Å². The van der Waals surface area contributed by atoms with Crippen LogP contribution in [0.4, 0.5) is 5.69 Å². The number of carbonyl (C=O) groups excluding carboxylic acids is 2. The quantitative estimate of drug-likeness (QED) is 0.670. The van der Waals surface area contributed by atoms with Crippen molar-refractivity contribution >= 4 is 34.7 Å². The van der Waals surface area contributed by atoms with Gasteiger partial charge >= 0.3 is 0 Å². The van der Waals surface area contributed by atoms with Crippen molar-refractivity contribution in [2.75, 3.05) is 32.1 Å². The number of carbonyl (C=O) groups is 2. The fourth-order valence-electron chi connectivity index (χ4n) is 4.60. The van der Waals surface area contributed by atoms with E-state index >= 15 is 0 Å². The van der Waals surface area contributed by atoms with Gasteiger partial charge in [-0.3, -0.25) is 9.59 Å². The molecule has 2 amide bonds. The topological polar surface area (TPSA) is 43.9 Å². The molecule has 1 saturated heterocycles. The summed E-state index contributed by atoms with van der Waals surface area (Å²) >= 11 is 6.08. The van der Waals surface area contributed by atoms with Crippen LogP contribution in [0, 0.1) is 13.8 Å². The van der Waals surface area contributed by atoms with Gasteiger partial charge in [0.05, 0.1) is 11.3 Å². The first kappa shape index (κ1) is 21.6. The second-order valence-corrected chi connectivity index (χ2v) is 9.10. The van der Waals surface area contributed by atoms with Crippen molar-refractivity contribution in [1.29, 1.82) is 0 Å². The van der Waals surface area contributed by atoms with Gasteiger partial charge in [-0.2, -0.15) is 0 Å². The van der Waals surface area contributed by atoms with Crippen molar-refractivity contribution in [3.8, 4) is 0 Å². The highest BCUT2D eigenvalue weighted by atomic mass is 35.5. The number of rotatable bonds is 4. The third-order valence-electron chi connectivity index (χ3n) is 6.25. The molecule has 0 spiro atoms. The van der Waals surface area contributed by atoms with Crippen molar-refractivity contribution in [1.82, 2.24) is 9.80 Å². The molecule has 0 unspecified atom stereocenters. The summed E-state index contributed by atoms with van der Waals surface area (Å²) in [6, 6.07) is 13.2. The van der Waals surface area contributed by atoms with E-state index in [1.54, 1.807) is 12.1 Å². The van der Waals surface area contributed by atoms with Gasteiger partial charge in [-0.25, -0.2) is 4.90 Å². The number of halogens is 1. The van der Waals surface area contributed by atoms with Crippen LogP contribution in [0.3, 0.4) is 0 Å². The molecule has 0 saturated carbocycles. The highest BCUT2D eigenvalue weighted by molar-refractivity contribution is 6.45. The molecule has 2 aliphatic heterocycles. The van der Waals surface area contributed by atoms with Crippen LogP contribution in [0.1, 0.15) is 29.5 Å². The molecule has 6 heteroatoms. The van der Waals surface area contributed by atoms with Crippen molar-refractivity contribution in [3.63, 3.8) is 0 Å². The van der Waals surface area contributed by atoms with E-state index in [-0.39, 0.29) is 17.9 Å². The number of hydrogen-bond donors (Lipinski definition) is 0. The molecule has 1 fully saturated rings. The molecule has 2 aliphatic rings. The maximum absolute atomic E-state index is 13.7. The number of benzene rings is 2. The molecule has 0 aromatic heterocycles. The van der Waals surface area contributed by atoms with Gasteiger partial charge < -0.3 is 9.80 Å². The zero-order valence-electron chi connectivity index (χ0n) is 18.5. The lowest BCUT2D eigenvalue weighted by Crippen LogP contribution is -2.43. The molecule has 0 bridgehead atoms. The van der Waals surface area contributed by atoms with E-state index in [9.17, 15) is 9.59 Å². The van der Waals surface area contributed by atoms with Crippen LogP contribution in [0.15, 0.2) is 48.2 Å². The number of piperidine rings is 1. The van der Waals surface area contributed by atoms with Crippen LogP contribution in [0.2, 0.25) is 5.02 Å². The number of likely N-dealkylation sites (N-methyl/N-ethyl adjacent to an activating group) is 1. The number of anilines is 1. The minimum Gasteiger partial charge on any atom is -0.366 e. The minimum absolute atomic E-state index is 0.212. The Hall–Kier alpha value is -2.63. The second-order valence-electron chi connectivity index (χ2n) is 8.67. The number of aryl methyl sites for hydroxylation is 2. The molecule has 0 atom stereocenters. The van der Waals surface area contributed by atoms with Crippen molar-refractivity contribution < 1.29 is 9.59 Å².